The molecule has 0 saturated heterocycles. The molecule has 0 aliphatic heterocycles. The average molecular weight is 363 g/mol. The molecule has 3 atom stereocenters. The number of aliphatic hydroxyl groups is 1. The first-order valence-corrected chi connectivity index (χ1v) is 9.17. The van der Waals surface area contributed by atoms with Crippen LogP contribution in [0.2, 0.25) is 5.02 Å². The van der Waals surface area contributed by atoms with Crippen LogP contribution in [-0.4, -0.2) is 28.2 Å². The van der Waals surface area contributed by atoms with E-state index in [2.05, 4.69) is 16.8 Å². The topological polar surface area (TPSA) is 54.3 Å². The summed E-state index contributed by atoms with van der Waals surface area (Å²) < 4.78 is 2.07. The van der Waals surface area contributed by atoms with E-state index in [1.54, 1.807) is 0 Å². The third-order valence-corrected chi connectivity index (χ3v) is 5.00. The Bertz CT molecular complexity index is 640. The Morgan fingerprint density at radius 3 is 2.44 bits per heavy atom. The molecule has 0 bridgehead atoms. The van der Waals surface area contributed by atoms with Crippen LogP contribution >= 0.6 is 11.6 Å². The maximum Gasteiger partial charge on any atom is 0.220 e. The van der Waals surface area contributed by atoms with Gasteiger partial charge in [-0.2, -0.15) is 0 Å². The van der Waals surface area contributed by atoms with Crippen LogP contribution in [-0.2, 0) is 11.3 Å². The quantitative estimate of drug-likeness (QED) is 0.712. The van der Waals surface area contributed by atoms with E-state index in [0.29, 0.717) is 11.4 Å². The Kier molecular flexibility index (Phi) is 7.53. The number of aromatic nitrogens is 1. The summed E-state index contributed by atoms with van der Waals surface area (Å²) in [6, 6.07) is 11.4. The predicted molar refractivity (Wildman–Crippen MR) is 102 cm³/mol. The molecular weight excluding hydrogens is 336 g/mol. The van der Waals surface area contributed by atoms with Crippen LogP contribution in [0.3, 0.4) is 0 Å². The number of hydrogen-bond donors (Lipinski definition) is 2. The molecule has 1 heterocycles. The van der Waals surface area contributed by atoms with Crippen LogP contribution in [0.25, 0.3) is 0 Å². The standard InChI is InChI=1S/C20H27ClN2O2/c1-3-15(2)19(14-24)22-20(25)12-17(13-23-10-4-5-11-23)16-6-8-18(21)9-7-16/h4-11,15,17,19,24H,3,12-14H2,1-2H3,(H,22,25)/t15-,17+,19-/m1/s1. The molecule has 0 unspecified atom stereocenters. The molecule has 0 radical (unpaired) electrons. The number of hydrogen-bond acceptors (Lipinski definition) is 2. The molecule has 4 nitrogen and oxygen atoms in total. The maximum absolute atomic E-state index is 12.6. The van der Waals surface area contributed by atoms with E-state index in [4.69, 9.17) is 11.6 Å². The number of halogens is 1. The summed E-state index contributed by atoms with van der Waals surface area (Å²) in [5.74, 6) is 0.250. The normalized spacial score (nSPS) is 14.7. The second kappa shape index (κ2) is 9.64. The van der Waals surface area contributed by atoms with Crippen molar-refractivity contribution in [3.05, 3.63) is 59.4 Å². The van der Waals surface area contributed by atoms with Crippen molar-refractivity contribution in [1.29, 1.82) is 0 Å². The molecule has 0 aliphatic carbocycles. The number of carbonyl (C=O) groups is 1. The summed E-state index contributed by atoms with van der Waals surface area (Å²) in [5.41, 5.74) is 1.08. The Balaban J connectivity index is 2.09. The molecule has 1 aromatic carbocycles. The third-order valence-electron chi connectivity index (χ3n) is 4.74. The molecule has 1 amide bonds. The fourth-order valence-electron chi connectivity index (χ4n) is 2.91. The van der Waals surface area contributed by atoms with Gasteiger partial charge in [0.15, 0.2) is 0 Å². The Morgan fingerprint density at radius 2 is 1.88 bits per heavy atom. The van der Waals surface area contributed by atoms with Crippen molar-refractivity contribution in [3.8, 4) is 0 Å². The Morgan fingerprint density at radius 1 is 1.24 bits per heavy atom. The van der Waals surface area contributed by atoms with Crippen molar-refractivity contribution in [2.45, 2.75) is 45.2 Å². The minimum absolute atomic E-state index is 0.0357. The molecule has 136 valence electrons. The smallest absolute Gasteiger partial charge is 0.220 e. The molecule has 0 fully saturated rings. The van der Waals surface area contributed by atoms with Crippen LogP contribution in [0.15, 0.2) is 48.8 Å². The Labute approximate surface area is 154 Å². The predicted octanol–water partition coefficient (Wildman–Crippen LogP) is 3.84. The number of rotatable bonds is 9. The van der Waals surface area contributed by atoms with Gasteiger partial charge in [0.05, 0.1) is 12.6 Å². The second-order valence-corrected chi connectivity index (χ2v) is 7.01. The van der Waals surface area contributed by atoms with Gasteiger partial charge in [-0.1, -0.05) is 44.0 Å². The molecule has 0 saturated carbocycles. The number of carbonyl (C=O) groups excluding carboxylic acids is 1. The van der Waals surface area contributed by atoms with E-state index in [1.165, 1.54) is 0 Å². The van der Waals surface area contributed by atoms with Gasteiger partial charge >= 0.3 is 0 Å². The van der Waals surface area contributed by atoms with Crippen LogP contribution in [0.1, 0.15) is 38.2 Å². The zero-order valence-corrected chi connectivity index (χ0v) is 15.6. The zero-order chi connectivity index (χ0) is 18.2. The summed E-state index contributed by atoms with van der Waals surface area (Å²) in [5, 5.41) is 13.2. The van der Waals surface area contributed by atoms with E-state index in [-0.39, 0.29) is 30.4 Å². The minimum atomic E-state index is -0.199. The van der Waals surface area contributed by atoms with Gasteiger partial charge in [-0.05, 0) is 35.7 Å². The molecule has 0 spiro atoms. The van der Waals surface area contributed by atoms with Crippen molar-refractivity contribution >= 4 is 17.5 Å². The first kappa shape index (κ1) is 19.5. The highest BCUT2D eigenvalue weighted by molar-refractivity contribution is 6.30. The van der Waals surface area contributed by atoms with Crippen molar-refractivity contribution in [2.75, 3.05) is 6.61 Å². The first-order valence-electron chi connectivity index (χ1n) is 8.80. The summed E-state index contributed by atoms with van der Waals surface area (Å²) >= 11 is 5.99. The highest BCUT2D eigenvalue weighted by Gasteiger charge is 2.21. The van der Waals surface area contributed by atoms with E-state index in [0.717, 1.165) is 18.5 Å². The largest absolute Gasteiger partial charge is 0.394 e. The van der Waals surface area contributed by atoms with Gasteiger partial charge in [0, 0.05) is 36.3 Å². The van der Waals surface area contributed by atoms with Gasteiger partial charge in [-0.15, -0.1) is 0 Å². The summed E-state index contributed by atoms with van der Waals surface area (Å²) in [4.78, 5) is 12.6. The highest BCUT2D eigenvalue weighted by atomic mass is 35.5. The number of aliphatic hydroxyl groups excluding tert-OH is 1. The lowest BCUT2D eigenvalue weighted by atomic mass is 9.94. The average Bonchev–Trinajstić information content (AvgIpc) is 3.12. The van der Waals surface area contributed by atoms with Crippen LogP contribution in [0.4, 0.5) is 0 Å². The monoisotopic (exact) mass is 362 g/mol. The van der Waals surface area contributed by atoms with Gasteiger partial charge in [0.1, 0.15) is 0 Å². The number of benzene rings is 1. The Hall–Kier alpha value is -1.78. The van der Waals surface area contributed by atoms with Gasteiger partial charge in [0.2, 0.25) is 5.91 Å². The molecular formula is C20H27ClN2O2. The third kappa shape index (κ3) is 5.91. The maximum atomic E-state index is 12.6. The summed E-state index contributed by atoms with van der Waals surface area (Å²) in [6.07, 6.45) is 5.27. The van der Waals surface area contributed by atoms with Gasteiger partial charge in [-0.25, -0.2) is 0 Å². The van der Waals surface area contributed by atoms with Crippen molar-refractivity contribution < 1.29 is 9.90 Å². The zero-order valence-electron chi connectivity index (χ0n) is 14.9. The van der Waals surface area contributed by atoms with Crippen LogP contribution in [0.5, 0.6) is 0 Å². The fraction of sp³-hybridized carbons (Fsp3) is 0.450. The lowest BCUT2D eigenvalue weighted by molar-refractivity contribution is -0.123. The summed E-state index contributed by atoms with van der Waals surface area (Å²) in [6.45, 7) is 4.78. The fourth-order valence-corrected chi connectivity index (χ4v) is 3.04. The van der Waals surface area contributed by atoms with E-state index >= 15 is 0 Å². The van der Waals surface area contributed by atoms with Gasteiger partial charge in [0.25, 0.3) is 0 Å². The molecule has 25 heavy (non-hydrogen) atoms. The van der Waals surface area contributed by atoms with E-state index < -0.39 is 0 Å². The molecule has 0 aliphatic rings. The lowest BCUT2D eigenvalue weighted by Gasteiger charge is -2.24. The van der Waals surface area contributed by atoms with E-state index in [9.17, 15) is 9.90 Å². The van der Waals surface area contributed by atoms with Crippen LogP contribution in [0, 0.1) is 5.92 Å². The molecule has 5 heteroatoms. The van der Waals surface area contributed by atoms with E-state index in [1.807, 2.05) is 55.7 Å². The van der Waals surface area contributed by atoms with Crippen molar-refractivity contribution in [2.24, 2.45) is 5.92 Å². The lowest BCUT2D eigenvalue weighted by Crippen LogP contribution is -2.42. The molecule has 2 rings (SSSR count). The SMILES string of the molecule is CC[C@@H](C)[C@@H](CO)NC(=O)C[C@@H](Cn1cccc1)c1ccc(Cl)cc1. The first-order chi connectivity index (χ1) is 12.0. The minimum Gasteiger partial charge on any atom is -0.394 e. The molecule has 1 aromatic heterocycles. The summed E-state index contributed by atoms with van der Waals surface area (Å²) in [7, 11) is 0. The van der Waals surface area contributed by atoms with Gasteiger partial charge in [-0.3, -0.25) is 4.79 Å². The van der Waals surface area contributed by atoms with Crippen molar-refractivity contribution in [3.63, 3.8) is 0 Å². The van der Waals surface area contributed by atoms with Crippen LogP contribution < -0.4 is 5.32 Å². The number of nitrogens with zero attached hydrogens (tertiary/aromatic N) is 1. The van der Waals surface area contributed by atoms with Gasteiger partial charge < -0.3 is 15.0 Å². The van der Waals surface area contributed by atoms with Crippen molar-refractivity contribution in [1.82, 2.24) is 9.88 Å². The molecule has 2 aromatic rings. The number of amides is 1. The number of nitrogens with one attached hydrogen (secondary N) is 1. The second-order valence-electron chi connectivity index (χ2n) is 6.57. The highest BCUT2D eigenvalue weighted by Crippen LogP contribution is 2.24. The molecule has 2 N–H and O–H groups in total.